The van der Waals surface area contributed by atoms with Crippen LogP contribution in [0.3, 0.4) is 0 Å². The number of halogens is 1. The van der Waals surface area contributed by atoms with Gasteiger partial charge in [0, 0.05) is 25.2 Å². The number of aromatic nitrogens is 2. The smallest absolute Gasteiger partial charge is 0.284 e. The fourth-order valence-electron chi connectivity index (χ4n) is 2.97. The second-order valence-electron chi connectivity index (χ2n) is 6.70. The maximum atomic E-state index is 12.8. The van der Waals surface area contributed by atoms with E-state index in [1.165, 1.54) is 10.7 Å². The summed E-state index contributed by atoms with van der Waals surface area (Å²) in [5, 5.41) is 10.6. The van der Waals surface area contributed by atoms with Gasteiger partial charge >= 0.3 is 0 Å². The molecule has 31 heavy (non-hydrogen) atoms. The Morgan fingerprint density at radius 3 is 2.39 bits per heavy atom. The van der Waals surface area contributed by atoms with E-state index in [9.17, 15) is 9.59 Å². The Hall–Kier alpha value is -3.00. The molecule has 162 valence electrons. The number of morpholine rings is 1. The molecule has 1 amide bonds. The molecular weight excluding hydrogens is 416 g/mol. The maximum absolute atomic E-state index is 12.8. The van der Waals surface area contributed by atoms with Crippen molar-refractivity contribution in [3.8, 4) is 16.9 Å². The molecule has 7 nitrogen and oxygen atoms in total. The Morgan fingerprint density at radius 2 is 1.81 bits per heavy atom. The van der Waals surface area contributed by atoms with Crippen LogP contribution in [-0.4, -0.2) is 48.5 Å². The molecule has 0 unspecified atom stereocenters. The van der Waals surface area contributed by atoms with E-state index in [0.717, 1.165) is 31.9 Å². The SMILES string of the molecule is C1COCCN1.CCNC(=O)c1cc(-c2ccccc2)nn(-c2ccccc2Cl)c1=O. The summed E-state index contributed by atoms with van der Waals surface area (Å²) in [7, 11) is 0. The molecule has 3 aromatic rings. The van der Waals surface area contributed by atoms with Crippen molar-refractivity contribution in [3.63, 3.8) is 0 Å². The van der Waals surface area contributed by atoms with Crippen molar-refractivity contribution in [1.82, 2.24) is 20.4 Å². The second kappa shape index (κ2) is 11.4. The lowest BCUT2D eigenvalue weighted by Gasteiger charge is -2.12. The van der Waals surface area contributed by atoms with Crippen molar-refractivity contribution in [2.75, 3.05) is 32.8 Å². The number of hydrogen-bond donors (Lipinski definition) is 2. The Balaban J connectivity index is 0.000000391. The minimum Gasteiger partial charge on any atom is -0.379 e. The van der Waals surface area contributed by atoms with Crippen LogP contribution >= 0.6 is 11.6 Å². The van der Waals surface area contributed by atoms with Crippen molar-refractivity contribution >= 4 is 17.5 Å². The number of carbonyl (C=O) groups is 1. The van der Waals surface area contributed by atoms with Gasteiger partial charge in [-0.25, -0.2) is 0 Å². The van der Waals surface area contributed by atoms with Gasteiger partial charge in [-0.1, -0.05) is 54.1 Å². The molecule has 1 aromatic heterocycles. The van der Waals surface area contributed by atoms with Crippen molar-refractivity contribution in [2.24, 2.45) is 0 Å². The first-order valence-electron chi connectivity index (χ1n) is 10.1. The molecule has 0 radical (unpaired) electrons. The number of rotatable bonds is 4. The standard InChI is InChI=1S/C19H16ClN3O2.C4H9NO/c1-2-21-18(24)14-12-16(13-8-4-3-5-9-13)22-23(19(14)25)17-11-7-6-10-15(17)20;1-3-6-4-2-5-1/h3-12H,2H2,1H3,(H,21,24);5H,1-4H2. The number of hydrogen-bond acceptors (Lipinski definition) is 5. The number of ether oxygens (including phenoxy) is 1. The zero-order valence-corrected chi connectivity index (χ0v) is 18.1. The highest BCUT2D eigenvalue weighted by Crippen LogP contribution is 2.21. The third kappa shape index (κ3) is 6.01. The van der Waals surface area contributed by atoms with Crippen LogP contribution < -0.4 is 16.2 Å². The van der Waals surface area contributed by atoms with Gasteiger partial charge in [-0.3, -0.25) is 9.59 Å². The van der Waals surface area contributed by atoms with Gasteiger partial charge in [0.2, 0.25) is 0 Å². The van der Waals surface area contributed by atoms with Crippen LogP contribution in [0.4, 0.5) is 0 Å². The average Bonchev–Trinajstić information content (AvgIpc) is 2.82. The van der Waals surface area contributed by atoms with Crippen LogP contribution in [0.1, 0.15) is 17.3 Å². The molecule has 0 spiro atoms. The number of amides is 1. The number of carbonyl (C=O) groups excluding carboxylic acids is 1. The van der Waals surface area contributed by atoms with Crippen LogP contribution in [0.25, 0.3) is 16.9 Å². The van der Waals surface area contributed by atoms with Crippen molar-refractivity contribution < 1.29 is 9.53 Å². The third-order valence-corrected chi connectivity index (χ3v) is 4.81. The topological polar surface area (TPSA) is 85.2 Å². The molecule has 2 aromatic carbocycles. The molecule has 0 saturated carbocycles. The first-order valence-corrected chi connectivity index (χ1v) is 10.5. The lowest BCUT2D eigenvalue weighted by molar-refractivity contribution is 0.0953. The predicted molar refractivity (Wildman–Crippen MR) is 122 cm³/mol. The fraction of sp³-hybridized carbons (Fsp3) is 0.261. The Morgan fingerprint density at radius 1 is 1.13 bits per heavy atom. The van der Waals surface area contributed by atoms with E-state index in [4.69, 9.17) is 16.3 Å². The van der Waals surface area contributed by atoms with Crippen molar-refractivity contribution in [2.45, 2.75) is 6.92 Å². The fourth-order valence-corrected chi connectivity index (χ4v) is 3.18. The van der Waals surface area contributed by atoms with Crippen LogP contribution in [0.15, 0.2) is 65.5 Å². The van der Waals surface area contributed by atoms with E-state index in [1.807, 2.05) is 30.3 Å². The highest BCUT2D eigenvalue weighted by molar-refractivity contribution is 6.32. The summed E-state index contributed by atoms with van der Waals surface area (Å²) in [4.78, 5) is 25.1. The van der Waals surface area contributed by atoms with Crippen molar-refractivity contribution in [3.05, 3.63) is 81.6 Å². The zero-order valence-electron chi connectivity index (χ0n) is 17.3. The van der Waals surface area contributed by atoms with Gasteiger partial charge in [-0.2, -0.15) is 9.78 Å². The van der Waals surface area contributed by atoms with Gasteiger partial charge < -0.3 is 15.4 Å². The normalized spacial score (nSPS) is 13.1. The molecule has 1 aliphatic heterocycles. The third-order valence-electron chi connectivity index (χ3n) is 4.49. The van der Waals surface area contributed by atoms with Gasteiger partial charge in [0.15, 0.2) is 0 Å². The number of benzene rings is 2. The predicted octanol–water partition coefficient (Wildman–Crippen LogP) is 2.91. The molecule has 0 atom stereocenters. The van der Waals surface area contributed by atoms with E-state index < -0.39 is 11.5 Å². The highest BCUT2D eigenvalue weighted by atomic mass is 35.5. The molecular formula is C23H25ClN4O3. The van der Waals surface area contributed by atoms with E-state index in [-0.39, 0.29) is 5.56 Å². The van der Waals surface area contributed by atoms with E-state index in [2.05, 4.69) is 15.7 Å². The zero-order chi connectivity index (χ0) is 22.1. The lowest BCUT2D eigenvalue weighted by Crippen LogP contribution is -2.33. The molecule has 0 aliphatic carbocycles. The maximum Gasteiger partial charge on any atom is 0.284 e. The van der Waals surface area contributed by atoms with Gasteiger partial charge in [0.05, 0.1) is 29.6 Å². The molecule has 2 N–H and O–H groups in total. The van der Waals surface area contributed by atoms with Gasteiger partial charge in [0.25, 0.3) is 11.5 Å². The highest BCUT2D eigenvalue weighted by Gasteiger charge is 2.17. The summed E-state index contributed by atoms with van der Waals surface area (Å²) in [6, 6.07) is 17.8. The van der Waals surface area contributed by atoms with E-state index >= 15 is 0 Å². The largest absolute Gasteiger partial charge is 0.379 e. The molecule has 8 heteroatoms. The minimum absolute atomic E-state index is 0.0237. The first kappa shape index (κ1) is 22.7. The number of nitrogens with zero attached hydrogens (tertiary/aromatic N) is 2. The summed E-state index contributed by atoms with van der Waals surface area (Å²) in [6.07, 6.45) is 0. The van der Waals surface area contributed by atoms with Crippen LogP contribution in [0.2, 0.25) is 5.02 Å². The summed E-state index contributed by atoms with van der Waals surface area (Å²) >= 11 is 6.22. The Labute approximate surface area is 186 Å². The minimum atomic E-state index is -0.515. The molecule has 1 saturated heterocycles. The monoisotopic (exact) mass is 440 g/mol. The molecule has 4 rings (SSSR count). The van der Waals surface area contributed by atoms with E-state index in [0.29, 0.717) is 22.9 Å². The van der Waals surface area contributed by atoms with Crippen LogP contribution in [-0.2, 0) is 4.74 Å². The molecule has 0 bridgehead atoms. The van der Waals surface area contributed by atoms with Gasteiger partial charge in [-0.15, -0.1) is 0 Å². The Bertz CT molecular complexity index is 1050. The van der Waals surface area contributed by atoms with E-state index in [1.54, 1.807) is 31.2 Å². The Kier molecular flexibility index (Phi) is 8.35. The molecule has 1 fully saturated rings. The summed E-state index contributed by atoms with van der Waals surface area (Å²) in [5.74, 6) is -0.437. The molecule has 1 aliphatic rings. The van der Waals surface area contributed by atoms with Gasteiger partial charge in [0.1, 0.15) is 5.56 Å². The quantitative estimate of drug-likeness (QED) is 0.651. The summed E-state index contributed by atoms with van der Waals surface area (Å²) in [6.45, 7) is 6.05. The summed E-state index contributed by atoms with van der Waals surface area (Å²) in [5.41, 5.74) is 1.25. The van der Waals surface area contributed by atoms with Crippen molar-refractivity contribution in [1.29, 1.82) is 0 Å². The first-order chi connectivity index (χ1) is 15.1. The molecule has 2 heterocycles. The van der Waals surface area contributed by atoms with Crippen LogP contribution in [0, 0.1) is 0 Å². The average molecular weight is 441 g/mol. The van der Waals surface area contributed by atoms with Gasteiger partial charge in [-0.05, 0) is 25.1 Å². The van der Waals surface area contributed by atoms with Crippen LogP contribution in [0.5, 0.6) is 0 Å². The summed E-state index contributed by atoms with van der Waals surface area (Å²) < 4.78 is 6.18. The lowest BCUT2D eigenvalue weighted by atomic mass is 10.1. The number of nitrogens with one attached hydrogen (secondary N) is 2. The number of para-hydroxylation sites is 1. The second-order valence-corrected chi connectivity index (χ2v) is 7.11.